The number of nitrogens with two attached hydrogens (primary N) is 1. The number of imide groups is 1. The number of non-ortho nitro benzene ring substituents is 1. The highest BCUT2D eigenvalue weighted by Gasteiger charge is 2.42. The van der Waals surface area contributed by atoms with E-state index < -0.39 is 76.9 Å². The van der Waals surface area contributed by atoms with E-state index in [1.165, 1.54) is 24.3 Å². The monoisotopic (exact) mass is 876 g/mol. The normalized spacial score (nSPS) is 13.9. The number of amides is 7. The predicted molar refractivity (Wildman–Crippen MR) is 216 cm³/mol. The van der Waals surface area contributed by atoms with Crippen molar-refractivity contribution in [2.45, 2.75) is 96.1 Å². The maximum absolute atomic E-state index is 14.2. The summed E-state index contributed by atoms with van der Waals surface area (Å²) in [5.74, 6) is -3.44. The summed E-state index contributed by atoms with van der Waals surface area (Å²) >= 11 is 0. The highest BCUT2D eigenvalue weighted by atomic mass is 19.4. The number of urea groups is 1. The molecular formula is C40H51F3N8O11. The molecule has 0 fully saturated rings. The third kappa shape index (κ3) is 17.6. The lowest BCUT2D eigenvalue weighted by Gasteiger charge is -2.30. The van der Waals surface area contributed by atoms with E-state index in [-0.39, 0.29) is 82.6 Å². The van der Waals surface area contributed by atoms with Gasteiger partial charge in [0.2, 0.25) is 17.7 Å². The molecule has 0 aromatic heterocycles. The van der Waals surface area contributed by atoms with Gasteiger partial charge in [0, 0.05) is 56.0 Å². The average molecular weight is 877 g/mol. The van der Waals surface area contributed by atoms with Crippen molar-refractivity contribution in [2.75, 3.05) is 25.0 Å². The predicted octanol–water partition coefficient (Wildman–Crippen LogP) is 4.11. The van der Waals surface area contributed by atoms with Crippen molar-refractivity contribution >= 4 is 53.1 Å². The van der Waals surface area contributed by atoms with Gasteiger partial charge in [-0.05, 0) is 67.9 Å². The van der Waals surface area contributed by atoms with Gasteiger partial charge < -0.3 is 36.5 Å². The molecule has 7 N–H and O–H groups in total. The number of carbonyl (C=O) groups is 7. The van der Waals surface area contributed by atoms with E-state index in [0.29, 0.717) is 17.7 Å². The van der Waals surface area contributed by atoms with Crippen molar-refractivity contribution in [3.63, 3.8) is 0 Å². The number of alkyl halides is 3. The Hall–Kier alpha value is -6.58. The second-order valence-corrected chi connectivity index (χ2v) is 14.5. The Kier molecular flexibility index (Phi) is 19.8. The molecule has 1 heterocycles. The van der Waals surface area contributed by atoms with Crippen molar-refractivity contribution in [3.05, 3.63) is 76.4 Å². The van der Waals surface area contributed by atoms with Gasteiger partial charge in [0.15, 0.2) is 0 Å². The van der Waals surface area contributed by atoms with Gasteiger partial charge in [-0.2, -0.15) is 13.2 Å². The first-order valence-corrected chi connectivity index (χ1v) is 19.8. The van der Waals surface area contributed by atoms with E-state index in [0.717, 1.165) is 17.1 Å². The topological polar surface area (TPSA) is 270 Å². The van der Waals surface area contributed by atoms with Gasteiger partial charge in [-0.3, -0.25) is 44.3 Å². The smallest absolute Gasteiger partial charge is 0.429 e. The quantitative estimate of drug-likeness (QED) is 0.0206. The van der Waals surface area contributed by atoms with Crippen LogP contribution in [0.5, 0.6) is 5.75 Å². The van der Waals surface area contributed by atoms with Gasteiger partial charge in [0.1, 0.15) is 24.4 Å². The molecule has 19 nitrogen and oxygen atoms in total. The molecule has 1 aliphatic rings. The number of halogens is 3. The highest BCUT2D eigenvalue weighted by molar-refractivity contribution is 6.12. The van der Waals surface area contributed by atoms with E-state index in [1.807, 2.05) is 0 Å². The van der Waals surface area contributed by atoms with Crippen LogP contribution in [0, 0.1) is 16.0 Å². The molecule has 0 saturated heterocycles. The minimum Gasteiger partial charge on any atom is -0.429 e. The third-order valence-electron chi connectivity index (χ3n) is 9.32. The van der Waals surface area contributed by atoms with Gasteiger partial charge in [0.25, 0.3) is 17.5 Å². The molecule has 3 rings (SSSR count). The molecular weight excluding hydrogens is 825 g/mol. The Bertz CT molecular complexity index is 1890. The molecule has 0 aliphatic carbocycles. The second kappa shape index (κ2) is 24.6. The van der Waals surface area contributed by atoms with E-state index >= 15 is 0 Å². The Balaban J connectivity index is 1.47. The molecule has 0 unspecified atom stereocenters. The molecule has 0 spiro atoms. The molecule has 338 valence electrons. The zero-order valence-electron chi connectivity index (χ0n) is 34.2. The van der Waals surface area contributed by atoms with Gasteiger partial charge >= 0.3 is 18.4 Å². The minimum absolute atomic E-state index is 0.00299. The van der Waals surface area contributed by atoms with Crippen LogP contribution in [0.2, 0.25) is 0 Å². The first kappa shape index (κ1) is 49.8. The highest BCUT2D eigenvalue weighted by Crippen LogP contribution is 2.26. The number of primary amides is 1. The van der Waals surface area contributed by atoms with Crippen LogP contribution in [-0.4, -0.2) is 95.5 Å². The maximum Gasteiger partial charge on any atom is 0.514 e. The summed E-state index contributed by atoms with van der Waals surface area (Å²) in [7, 11) is 0. The number of benzene rings is 2. The van der Waals surface area contributed by atoms with Crippen molar-refractivity contribution in [1.29, 1.82) is 0 Å². The maximum atomic E-state index is 14.2. The summed E-state index contributed by atoms with van der Waals surface area (Å²) < 4.78 is 52.5. The van der Waals surface area contributed by atoms with Crippen molar-refractivity contribution in [1.82, 2.24) is 26.2 Å². The first-order valence-electron chi connectivity index (χ1n) is 19.8. The standard InChI is InChI=1S/C40H51F3N8O11/c1-25(2)35(49-31(40(41,42)43)9-4-3-5-23-50-33(53)19-20-34(50)54)37(56)48-30(8-6-22-46-38(44)57)36(55)45-21-7-10-32(52)47-27-13-11-26(12-14-27)24-61-39(58)62-29-17-15-28(16-18-29)51(59)60/h11-20,25,30-31,35,49H,3-10,21-24H2,1-2H3,(H,45,55)(H,47,52)(H,48,56)(H3,44,46,57)/t30-,31-,35-/m0/s1. The molecule has 22 heteroatoms. The van der Waals surface area contributed by atoms with E-state index in [9.17, 15) is 56.8 Å². The van der Waals surface area contributed by atoms with E-state index in [1.54, 1.807) is 38.1 Å². The summed E-state index contributed by atoms with van der Waals surface area (Å²) in [6.07, 6.45) is -2.90. The van der Waals surface area contributed by atoms with Crippen LogP contribution < -0.4 is 37.1 Å². The lowest BCUT2D eigenvalue weighted by Crippen LogP contribution is -2.58. The van der Waals surface area contributed by atoms with Crippen molar-refractivity contribution in [2.24, 2.45) is 11.7 Å². The molecule has 3 atom stereocenters. The summed E-state index contributed by atoms with van der Waals surface area (Å²) in [5.41, 5.74) is 5.93. The van der Waals surface area contributed by atoms with Crippen LogP contribution in [0.4, 0.5) is 34.1 Å². The largest absolute Gasteiger partial charge is 0.514 e. The zero-order chi connectivity index (χ0) is 45.8. The van der Waals surface area contributed by atoms with Crippen LogP contribution in [0.3, 0.4) is 0 Å². The van der Waals surface area contributed by atoms with Crippen LogP contribution in [0.25, 0.3) is 0 Å². The Labute approximate surface area is 354 Å². The van der Waals surface area contributed by atoms with E-state index in [2.05, 4.69) is 26.6 Å². The molecule has 7 amide bonds. The number of ether oxygens (including phenoxy) is 2. The number of nitrogens with zero attached hydrogens (tertiary/aromatic N) is 2. The van der Waals surface area contributed by atoms with Crippen LogP contribution in [0.1, 0.15) is 70.8 Å². The fourth-order valence-electron chi connectivity index (χ4n) is 6.02. The number of hydrogen-bond acceptors (Lipinski definition) is 12. The number of anilines is 1. The van der Waals surface area contributed by atoms with E-state index in [4.69, 9.17) is 15.2 Å². The fraction of sp³-hybridized carbons (Fsp3) is 0.475. The lowest BCUT2D eigenvalue weighted by molar-refractivity contribution is -0.384. The number of nitro benzene ring substituents is 1. The Morgan fingerprint density at radius 1 is 0.839 bits per heavy atom. The molecule has 2 aromatic rings. The lowest BCUT2D eigenvalue weighted by atomic mass is 9.99. The molecule has 0 radical (unpaired) electrons. The first-order chi connectivity index (χ1) is 29.3. The SMILES string of the molecule is CC(C)[C@H](N[C@@H](CCCCCN1C(=O)C=CC1=O)C(F)(F)F)C(=O)N[C@@H](CCCNC(N)=O)C(=O)NCCCC(=O)Nc1ccc(COC(=O)Oc2ccc([N+](=O)[O-])cc2)cc1. The molecule has 0 saturated carbocycles. The van der Waals surface area contributed by atoms with Crippen LogP contribution >= 0.6 is 0 Å². The second-order valence-electron chi connectivity index (χ2n) is 14.5. The Morgan fingerprint density at radius 2 is 1.48 bits per heavy atom. The number of carbonyl (C=O) groups excluding carboxylic acids is 7. The summed E-state index contributed by atoms with van der Waals surface area (Å²) in [5, 5.41) is 23.4. The van der Waals surface area contributed by atoms with Gasteiger partial charge in [0.05, 0.1) is 11.0 Å². The number of rotatable bonds is 25. The summed E-state index contributed by atoms with van der Waals surface area (Å²) in [6, 6.07) is 5.72. The molecule has 1 aliphatic heterocycles. The van der Waals surface area contributed by atoms with Crippen molar-refractivity contribution < 1.29 is 61.1 Å². The average Bonchev–Trinajstić information content (AvgIpc) is 3.53. The summed E-state index contributed by atoms with van der Waals surface area (Å²) in [4.78, 5) is 97.1. The van der Waals surface area contributed by atoms with Gasteiger partial charge in [-0.15, -0.1) is 0 Å². The minimum atomic E-state index is -4.72. The molecule has 2 aromatic carbocycles. The van der Waals surface area contributed by atoms with Crippen LogP contribution in [-0.2, 0) is 35.3 Å². The summed E-state index contributed by atoms with van der Waals surface area (Å²) in [6.45, 7) is 3.07. The molecule has 62 heavy (non-hydrogen) atoms. The number of hydrogen-bond donors (Lipinski definition) is 6. The van der Waals surface area contributed by atoms with Gasteiger partial charge in [-0.1, -0.05) is 38.8 Å². The fourth-order valence-corrected chi connectivity index (χ4v) is 6.02. The van der Waals surface area contributed by atoms with Gasteiger partial charge in [-0.25, -0.2) is 9.59 Å². The molecule has 0 bridgehead atoms. The number of nitro groups is 1. The third-order valence-corrected chi connectivity index (χ3v) is 9.32. The number of nitrogens with one attached hydrogen (secondary N) is 5. The zero-order valence-corrected chi connectivity index (χ0v) is 34.2. The van der Waals surface area contributed by atoms with Crippen molar-refractivity contribution in [3.8, 4) is 5.75 Å². The Morgan fingerprint density at radius 3 is 2.08 bits per heavy atom. The van der Waals surface area contributed by atoms with Crippen LogP contribution in [0.15, 0.2) is 60.7 Å². The number of unbranched alkanes of at least 4 members (excludes halogenated alkanes) is 2.